The van der Waals surface area contributed by atoms with Crippen LogP contribution in [0.4, 0.5) is 0 Å². The van der Waals surface area contributed by atoms with Crippen LogP contribution in [-0.2, 0) is 28.4 Å². The number of aliphatic hydroxyl groups excluding tert-OH is 10. The van der Waals surface area contributed by atoms with Gasteiger partial charge in [-0.2, -0.15) is 0 Å². The fraction of sp³-hybridized carbons (Fsp3) is 0.926. The van der Waals surface area contributed by atoms with Crippen LogP contribution in [0.25, 0.3) is 0 Å². The van der Waals surface area contributed by atoms with Crippen molar-refractivity contribution in [1.82, 2.24) is 0 Å². The van der Waals surface area contributed by atoms with E-state index in [2.05, 4.69) is 6.58 Å². The zero-order valence-corrected chi connectivity index (χ0v) is 24.7. The van der Waals surface area contributed by atoms with Crippen LogP contribution in [0.5, 0.6) is 0 Å². The fourth-order valence-corrected chi connectivity index (χ4v) is 5.67. The van der Waals surface area contributed by atoms with Crippen molar-refractivity contribution in [3.63, 3.8) is 0 Å². The number of ether oxygens (including phenoxy) is 6. The predicted octanol–water partition coefficient (Wildman–Crippen LogP) is -4.17. The number of rotatable bonds is 12. The summed E-state index contributed by atoms with van der Waals surface area (Å²) in [5.74, 6) is 0. The lowest BCUT2D eigenvalue weighted by Gasteiger charge is -2.48. The van der Waals surface area contributed by atoms with E-state index in [1.54, 1.807) is 19.9 Å². The van der Waals surface area contributed by atoms with Crippen LogP contribution < -0.4 is 0 Å². The Bertz CT molecular complexity index is 883. The maximum Gasteiger partial charge on any atom is 0.187 e. The Balaban J connectivity index is 1.70. The van der Waals surface area contributed by atoms with E-state index < -0.39 is 118 Å². The summed E-state index contributed by atoms with van der Waals surface area (Å²) in [6, 6.07) is 0. The summed E-state index contributed by atoms with van der Waals surface area (Å²) in [7, 11) is 0. The molecule has 0 bridgehead atoms. The van der Waals surface area contributed by atoms with E-state index in [1.807, 2.05) is 13.8 Å². The van der Waals surface area contributed by atoms with Gasteiger partial charge in [-0.15, -0.1) is 6.58 Å². The van der Waals surface area contributed by atoms with Gasteiger partial charge in [0, 0.05) is 0 Å². The lowest BCUT2D eigenvalue weighted by atomic mass is 9.82. The molecule has 43 heavy (non-hydrogen) atoms. The van der Waals surface area contributed by atoms with Crippen molar-refractivity contribution < 1.29 is 79.5 Å². The summed E-state index contributed by atoms with van der Waals surface area (Å²) in [5.41, 5.74) is -1.18. The van der Waals surface area contributed by atoms with Gasteiger partial charge in [0.25, 0.3) is 0 Å². The molecule has 252 valence electrons. The van der Waals surface area contributed by atoms with Gasteiger partial charge in [0.05, 0.1) is 25.4 Å². The average Bonchev–Trinajstić information content (AvgIpc) is 2.95. The van der Waals surface area contributed by atoms with Gasteiger partial charge in [-0.3, -0.25) is 0 Å². The second-order valence-electron chi connectivity index (χ2n) is 12.6. The zero-order chi connectivity index (χ0) is 32.4. The molecule has 10 N–H and O–H groups in total. The molecule has 3 aliphatic rings. The third-order valence-corrected chi connectivity index (χ3v) is 7.94. The van der Waals surface area contributed by atoms with Gasteiger partial charge in [0.15, 0.2) is 18.9 Å². The lowest BCUT2D eigenvalue weighted by Crippen LogP contribution is -2.66. The molecule has 3 fully saturated rings. The Morgan fingerprint density at radius 1 is 0.581 bits per heavy atom. The largest absolute Gasteiger partial charge is 0.394 e. The molecule has 0 aliphatic carbocycles. The van der Waals surface area contributed by atoms with Crippen LogP contribution in [0.3, 0.4) is 0 Å². The first-order valence-electron chi connectivity index (χ1n) is 14.2. The monoisotopic (exact) mass is 628 g/mol. The molecule has 3 rings (SSSR count). The smallest absolute Gasteiger partial charge is 0.187 e. The summed E-state index contributed by atoms with van der Waals surface area (Å²) < 4.78 is 33.8. The van der Waals surface area contributed by atoms with E-state index in [4.69, 9.17) is 28.4 Å². The second kappa shape index (κ2) is 14.7. The first kappa shape index (κ1) is 36.6. The first-order valence-corrected chi connectivity index (χ1v) is 14.2. The summed E-state index contributed by atoms with van der Waals surface area (Å²) in [6.07, 6.45) is -22.1. The molecule has 3 heterocycles. The molecule has 3 saturated heterocycles. The van der Waals surface area contributed by atoms with Gasteiger partial charge in [0.2, 0.25) is 0 Å². The van der Waals surface area contributed by atoms with Gasteiger partial charge in [0.1, 0.15) is 73.2 Å². The highest BCUT2D eigenvalue weighted by atomic mass is 16.8. The molecular formula is C27H48O16. The van der Waals surface area contributed by atoms with E-state index in [0.717, 1.165) is 0 Å². The van der Waals surface area contributed by atoms with E-state index in [-0.39, 0.29) is 5.41 Å². The summed E-state index contributed by atoms with van der Waals surface area (Å²) in [5, 5.41) is 103. The van der Waals surface area contributed by atoms with Crippen molar-refractivity contribution in [2.24, 2.45) is 5.41 Å². The lowest BCUT2D eigenvalue weighted by molar-refractivity contribution is -0.383. The fourth-order valence-electron chi connectivity index (χ4n) is 5.67. The highest BCUT2D eigenvalue weighted by molar-refractivity contribution is 4.97. The van der Waals surface area contributed by atoms with E-state index >= 15 is 0 Å². The normalized spacial score (nSPS) is 44.7. The van der Waals surface area contributed by atoms with Crippen molar-refractivity contribution >= 4 is 0 Å². The van der Waals surface area contributed by atoms with Crippen LogP contribution in [0.1, 0.15) is 34.1 Å². The highest BCUT2D eigenvalue weighted by Gasteiger charge is 2.54. The van der Waals surface area contributed by atoms with Crippen LogP contribution in [-0.4, -0.2) is 169 Å². The molecular weight excluding hydrogens is 580 g/mol. The van der Waals surface area contributed by atoms with Gasteiger partial charge in [-0.25, -0.2) is 0 Å². The molecule has 16 heteroatoms. The standard InChI is InChI=1S/C27H48O16/c1-6-26(2,3)10-27(4,5)43-25-20(37)17(34)22(13(9-30)40-25)42-24-19(36)16(33)21(12(8-29)39-24)41-23-18(35)15(32)14(31)11(7-28)38-23/h6,11-25,28-37H,1,7-10H2,2-5H3/t11?,12?,13?,14-,15?,16?,17?,18-,19?,20?,21-,22+,23+,24-,25-/m0/s1. The Kier molecular flexibility index (Phi) is 12.5. The molecule has 8 unspecified atom stereocenters. The molecule has 0 aromatic rings. The minimum atomic E-state index is -1.91. The topological polar surface area (TPSA) is 258 Å². The molecule has 16 nitrogen and oxygen atoms in total. The summed E-state index contributed by atoms with van der Waals surface area (Å²) in [6.45, 7) is 8.98. The quantitative estimate of drug-likeness (QED) is 0.0920. The maximum absolute atomic E-state index is 10.9. The van der Waals surface area contributed by atoms with Gasteiger partial charge >= 0.3 is 0 Å². The molecule has 3 aliphatic heterocycles. The van der Waals surface area contributed by atoms with Gasteiger partial charge in [-0.1, -0.05) is 19.9 Å². The zero-order valence-electron chi connectivity index (χ0n) is 24.7. The van der Waals surface area contributed by atoms with E-state index in [1.165, 1.54) is 0 Å². The molecule has 0 radical (unpaired) electrons. The third-order valence-electron chi connectivity index (χ3n) is 7.94. The molecule has 0 aromatic carbocycles. The van der Waals surface area contributed by atoms with Crippen LogP contribution in [0.2, 0.25) is 0 Å². The minimum Gasteiger partial charge on any atom is -0.394 e. The molecule has 0 saturated carbocycles. The van der Waals surface area contributed by atoms with Crippen LogP contribution >= 0.6 is 0 Å². The second-order valence-corrected chi connectivity index (χ2v) is 12.6. The third kappa shape index (κ3) is 8.28. The van der Waals surface area contributed by atoms with E-state index in [0.29, 0.717) is 6.42 Å². The number of allylic oxidation sites excluding steroid dienone is 1. The highest BCUT2D eigenvalue weighted by Crippen LogP contribution is 2.36. The molecule has 0 spiro atoms. The van der Waals surface area contributed by atoms with Crippen molar-refractivity contribution in [3.05, 3.63) is 12.7 Å². The Labute approximate surface area is 249 Å². The summed E-state index contributed by atoms with van der Waals surface area (Å²) >= 11 is 0. The van der Waals surface area contributed by atoms with Gasteiger partial charge < -0.3 is 79.5 Å². The van der Waals surface area contributed by atoms with Crippen molar-refractivity contribution in [2.75, 3.05) is 19.8 Å². The Morgan fingerprint density at radius 2 is 0.977 bits per heavy atom. The number of hydrogen-bond acceptors (Lipinski definition) is 16. The minimum absolute atomic E-state index is 0.327. The SMILES string of the molecule is C=CC(C)(C)CC(C)(C)O[C@@H]1OC(CO)[C@@H](O[C@@H]2OC(CO)[C@H](O[C@H]3OC(CO)[C@H](O)C(O)[C@@H]3O)C(O)C2O)C(O)C1O. The van der Waals surface area contributed by atoms with Crippen molar-refractivity contribution in [1.29, 1.82) is 0 Å². The average molecular weight is 629 g/mol. The van der Waals surface area contributed by atoms with Crippen LogP contribution in [0, 0.1) is 5.41 Å². The predicted molar refractivity (Wildman–Crippen MR) is 143 cm³/mol. The van der Waals surface area contributed by atoms with Crippen molar-refractivity contribution in [3.8, 4) is 0 Å². The van der Waals surface area contributed by atoms with E-state index in [9.17, 15) is 51.1 Å². The van der Waals surface area contributed by atoms with Gasteiger partial charge in [-0.05, 0) is 25.7 Å². The maximum atomic E-state index is 10.9. The summed E-state index contributed by atoms with van der Waals surface area (Å²) in [4.78, 5) is 0. The molecule has 15 atom stereocenters. The Hall–Kier alpha value is -0.900. The molecule has 0 aromatic heterocycles. The Morgan fingerprint density at radius 3 is 1.42 bits per heavy atom. The first-order chi connectivity index (χ1) is 20.0. The van der Waals surface area contributed by atoms with Crippen molar-refractivity contribution in [2.45, 2.75) is 132 Å². The van der Waals surface area contributed by atoms with Crippen LogP contribution in [0.15, 0.2) is 12.7 Å². The number of hydrogen-bond donors (Lipinski definition) is 10. The number of aliphatic hydroxyl groups is 10. The molecule has 0 amide bonds.